The summed E-state index contributed by atoms with van der Waals surface area (Å²) in [5, 5.41) is 76.5. The zero-order valence-corrected chi connectivity index (χ0v) is 59.1. The Bertz CT molecular complexity index is 3560. The summed E-state index contributed by atoms with van der Waals surface area (Å²) in [6, 6.07) is 10.5. The number of aliphatic imine (C=N–C) groups is 2. The number of pyridine rings is 3. The predicted molar refractivity (Wildman–Crippen MR) is 370 cm³/mol. The van der Waals surface area contributed by atoms with Crippen molar-refractivity contribution in [2.24, 2.45) is 31.2 Å². The molecule has 1 unspecified atom stereocenters. The van der Waals surface area contributed by atoms with Crippen molar-refractivity contribution in [2.75, 3.05) is 93.1 Å². The highest BCUT2D eigenvalue weighted by Gasteiger charge is 2.29. The van der Waals surface area contributed by atoms with Crippen LogP contribution in [-0.4, -0.2) is 196 Å². The molecule has 0 amide bonds. The number of thiazole rings is 2. The lowest BCUT2D eigenvalue weighted by atomic mass is 10.1. The quantitative estimate of drug-likeness (QED) is 0.0210. The van der Waals surface area contributed by atoms with Crippen LogP contribution in [0.5, 0.6) is 0 Å². The molecule has 9 heterocycles. The third kappa shape index (κ3) is 31.5. The highest BCUT2D eigenvalue weighted by atomic mass is 35.5. The third-order valence-corrected chi connectivity index (χ3v) is 17.2. The molecular weight excluding hydrogens is 1440 g/mol. The van der Waals surface area contributed by atoms with Gasteiger partial charge >= 0.3 is 0 Å². The summed E-state index contributed by atoms with van der Waals surface area (Å²) in [6.07, 6.45) is 14.0. The first kappa shape index (κ1) is 80.1. The number of hydrogen-bond acceptors (Lipinski definition) is 24. The summed E-state index contributed by atoms with van der Waals surface area (Å²) >= 11 is 34.4. The number of ether oxygens (including phenoxy) is 2. The molecule has 0 radical (unpaired) electrons. The molecule has 44 heteroatoms. The molecule has 4 aliphatic heterocycles. The Labute approximate surface area is 592 Å². The van der Waals surface area contributed by atoms with Crippen LogP contribution in [0.2, 0.25) is 24.4 Å². The van der Waals surface area contributed by atoms with Gasteiger partial charge in [0.2, 0.25) is 12.4 Å². The first-order valence-corrected chi connectivity index (χ1v) is 33.2. The van der Waals surface area contributed by atoms with Crippen molar-refractivity contribution < 1.29 is 29.5 Å². The number of rotatable bonds is 16. The summed E-state index contributed by atoms with van der Waals surface area (Å²) in [6.45, 7) is 9.16. The van der Waals surface area contributed by atoms with Crippen LogP contribution in [0.3, 0.4) is 0 Å². The van der Waals surface area contributed by atoms with Crippen molar-refractivity contribution in [3.63, 3.8) is 0 Å². The molecule has 516 valence electrons. The van der Waals surface area contributed by atoms with Gasteiger partial charge in [-0.3, -0.25) is 10.1 Å². The minimum absolute atomic E-state index is 0.0833. The molecule has 1 atom stereocenters. The Morgan fingerprint density at radius 2 is 1.32 bits per heavy atom. The number of halogens is 5. The molecule has 5 aromatic rings. The first-order valence-electron chi connectivity index (χ1n) is 27.7. The lowest BCUT2D eigenvalue weighted by Gasteiger charge is -2.35. The number of nitrogens with zero attached hydrogens (tertiary/aromatic N) is 22. The van der Waals surface area contributed by atoms with E-state index >= 15 is 0 Å². The van der Waals surface area contributed by atoms with E-state index in [-0.39, 0.29) is 11.9 Å². The number of hydrazone groups is 3. The van der Waals surface area contributed by atoms with Crippen LogP contribution in [0.25, 0.3) is 0 Å². The Hall–Kier alpha value is -8.35. The third-order valence-electron chi connectivity index (χ3n) is 12.3. The zero-order valence-electron chi connectivity index (χ0n) is 52.1. The van der Waals surface area contributed by atoms with Gasteiger partial charge in [0.05, 0.1) is 24.6 Å². The second kappa shape index (κ2) is 43.7. The topological polar surface area (TPSA) is 420 Å². The molecule has 96 heavy (non-hydrogen) atoms. The molecule has 4 aliphatic rings. The van der Waals surface area contributed by atoms with E-state index in [2.05, 4.69) is 71.1 Å². The lowest BCUT2D eigenvalue weighted by molar-refractivity contribution is -0.486. The molecule has 0 aromatic carbocycles. The van der Waals surface area contributed by atoms with E-state index in [1.807, 2.05) is 29.1 Å². The van der Waals surface area contributed by atoms with Gasteiger partial charge < -0.3 is 54.8 Å². The van der Waals surface area contributed by atoms with Gasteiger partial charge in [-0.15, -0.1) is 39.4 Å². The van der Waals surface area contributed by atoms with E-state index in [1.165, 1.54) is 41.5 Å². The van der Waals surface area contributed by atoms with Crippen molar-refractivity contribution in [3.05, 3.63) is 170 Å². The number of nitrogens with one attached hydrogen (secondary N) is 3. The number of nitro groups is 4. The highest BCUT2D eigenvalue weighted by Crippen LogP contribution is 2.29. The van der Waals surface area contributed by atoms with Crippen LogP contribution >= 0.6 is 104 Å². The van der Waals surface area contributed by atoms with Crippen molar-refractivity contribution in [2.45, 2.75) is 46.1 Å². The van der Waals surface area contributed by atoms with Crippen LogP contribution in [0, 0.1) is 69.3 Å². The van der Waals surface area contributed by atoms with Gasteiger partial charge in [0.15, 0.2) is 29.2 Å². The second-order valence-corrected chi connectivity index (χ2v) is 26.1. The van der Waals surface area contributed by atoms with Crippen molar-refractivity contribution in [1.82, 2.24) is 70.3 Å². The predicted octanol–water partition coefficient (Wildman–Crippen LogP) is 7.94. The van der Waals surface area contributed by atoms with Gasteiger partial charge in [-0.25, -0.2) is 55.3 Å². The lowest BCUT2D eigenvalue weighted by Crippen LogP contribution is -2.51. The maximum Gasteiger partial charge on any atom is 0.277 e. The van der Waals surface area contributed by atoms with Gasteiger partial charge in [-0.1, -0.05) is 88.0 Å². The standard InChI is InChI=1S/C10H10ClN3O2S.C9H12ClN5O2.C9H16N4O4.C8H10ClN5O2.C8H7ClN4S2.C8H9ClN4S/c11-9-2-1-8(5-12-9)6-13-3-4-17-10(13)7-14(15)16;1-11-9(13-15(16)17)14(2)6-7-3-4-8(10)12-5-7;1-11-6-17-7-12(9(11)10-13(14)15)4-8-2-3-16-5-8;1-10-8(13-14(15)16)12-5-6-2-3-7(9)11-4-6;9-7-11-3-6(15-7)4-13-1-2-14-8(13)12-5-10;1-6(12-5-10)13(2)4-7-3-11-8(9)14-7/h1-2,5,7H,3-4,6H2;3-5H,6H2,1-2H3,(H,11,13);8H,2-7H2,1H3;2-4H,5H2,1H3,(H2,10,12,13);3H,1-2,4H2;3H,4H2,1-2H3/b10-7-;;10-9+;;;. The molecule has 0 bridgehead atoms. The van der Waals surface area contributed by atoms with E-state index in [9.17, 15) is 40.5 Å². The van der Waals surface area contributed by atoms with E-state index in [4.69, 9.17) is 78.0 Å². The van der Waals surface area contributed by atoms with Crippen molar-refractivity contribution >= 4 is 133 Å². The number of hydrogen-bond donors (Lipinski definition) is 3. The molecule has 0 spiro atoms. The molecule has 0 aliphatic carbocycles. The molecule has 9 rings (SSSR count). The maximum atomic E-state index is 10.5. The van der Waals surface area contributed by atoms with Crippen molar-refractivity contribution in [3.8, 4) is 12.4 Å². The van der Waals surface area contributed by atoms with Gasteiger partial charge in [0.25, 0.3) is 24.1 Å². The maximum absolute atomic E-state index is 10.5. The Morgan fingerprint density at radius 3 is 1.84 bits per heavy atom. The van der Waals surface area contributed by atoms with Gasteiger partial charge in [0.1, 0.15) is 55.1 Å². The molecular formula is C52H64Cl5N25O10S4. The van der Waals surface area contributed by atoms with Crippen LogP contribution < -0.4 is 16.0 Å². The van der Waals surface area contributed by atoms with Crippen LogP contribution in [-0.2, 0) is 42.2 Å². The van der Waals surface area contributed by atoms with Gasteiger partial charge in [0, 0.05) is 139 Å². The number of thioether (sulfide) groups is 2. The van der Waals surface area contributed by atoms with Gasteiger partial charge in [-0.2, -0.15) is 15.5 Å². The molecule has 5 aromatic heterocycles. The smallest absolute Gasteiger partial charge is 0.277 e. The summed E-state index contributed by atoms with van der Waals surface area (Å²) in [5.74, 6) is 3.53. The second-order valence-electron chi connectivity index (χ2n) is 19.3. The summed E-state index contributed by atoms with van der Waals surface area (Å²) in [4.78, 5) is 81.1. The van der Waals surface area contributed by atoms with E-state index < -0.39 is 20.0 Å². The van der Waals surface area contributed by atoms with Crippen molar-refractivity contribution in [1.29, 1.82) is 10.5 Å². The molecule has 35 nitrogen and oxygen atoms in total. The fraction of sp³-hybridized carbons (Fsp3) is 0.423. The minimum Gasteiger partial charge on any atom is -0.381 e. The molecule has 4 saturated heterocycles. The average molecular weight is 1500 g/mol. The average Bonchev–Trinajstić information content (AvgIpc) is 1.46. The molecule has 0 saturated carbocycles. The highest BCUT2D eigenvalue weighted by molar-refractivity contribution is 8.14. The van der Waals surface area contributed by atoms with Crippen LogP contribution in [0.1, 0.15) is 39.8 Å². The summed E-state index contributed by atoms with van der Waals surface area (Å²) < 4.78 is 11.7. The number of guanidine groups is 3. The largest absolute Gasteiger partial charge is 0.381 e. The zero-order chi connectivity index (χ0) is 70.5. The number of amidine groups is 2. The fourth-order valence-corrected chi connectivity index (χ4v) is 12.2. The monoisotopic (exact) mass is 1500 g/mol. The van der Waals surface area contributed by atoms with E-state index in [1.54, 1.807) is 122 Å². The first-order chi connectivity index (χ1) is 45.9. The number of aromatic nitrogens is 5. The summed E-state index contributed by atoms with van der Waals surface area (Å²) in [7, 11) is 8.38. The number of nitriles is 2. The van der Waals surface area contributed by atoms with Gasteiger partial charge in [-0.05, 0) is 48.2 Å². The van der Waals surface area contributed by atoms with E-state index in [0.29, 0.717) is 99.9 Å². The molecule has 3 N–H and O–H groups in total. The van der Waals surface area contributed by atoms with Crippen LogP contribution in [0.4, 0.5) is 0 Å². The van der Waals surface area contributed by atoms with Crippen LogP contribution in [0.15, 0.2) is 104 Å². The SMILES string of the molecule is CC(=NC#N)N(C)Cc1cnc(Cl)s1.CN/C(=N\[N+](=O)[O-])N(C)Cc1ccc(Cl)nc1.CN/C(=N\[N+](=O)[O-])NCc1ccc(Cl)nc1.CN1COCN(CC2CCOC2)/C1=N/[N+](=O)[O-].N#CN=C1SCCN1Cc1cnc(Cl)s1.O=[N+]([O-])/C=C1\SCCN1Cc1ccc(Cl)nc1. The van der Waals surface area contributed by atoms with E-state index in [0.717, 1.165) is 82.0 Å². The molecule has 4 fully saturated rings. The Kier molecular flexibility index (Phi) is 36.4. The minimum atomic E-state index is -0.779. The normalized spacial score (nSPS) is 16.4. The fourth-order valence-electron chi connectivity index (χ4n) is 7.91. The Morgan fingerprint density at radius 1 is 0.719 bits per heavy atom. The summed E-state index contributed by atoms with van der Waals surface area (Å²) in [5.41, 5.74) is 2.71. The Balaban J connectivity index is 0.000000245.